The number of para-hydroxylation sites is 2. The van der Waals surface area contributed by atoms with Crippen LogP contribution in [0.4, 0.5) is 5.69 Å². The van der Waals surface area contributed by atoms with Gasteiger partial charge in [0.2, 0.25) is 10.0 Å². The second-order valence-corrected chi connectivity index (χ2v) is 8.97. The first-order chi connectivity index (χ1) is 15.4. The van der Waals surface area contributed by atoms with E-state index in [1.54, 1.807) is 42.6 Å². The molecule has 0 aliphatic carbocycles. The average molecular weight is 455 g/mol. The molecule has 2 heterocycles. The lowest BCUT2D eigenvalue weighted by molar-refractivity contribution is 0.102. The number of aromatic nitrogens is 1. The van der Waals surface area contributed by atoms with Gasteiger partial charge in [0.15, 0.2) is 11.5 Å². The largest absolute Gasteiger partial charge is 0.454 e. The summed E-state index contributed by atoms with van der Waals surface area (Å²) in [4.78, 5) is 16.7. The maximum atomic E-state index is 13.3. The van der Waals surface area contributed by atoms with E-state index in [1.807, 2.05) is 0 Å². The highest BCUT2D eigenvalue weighted by Gasteiger charge is 2.31. The van der Waals surface area contributed by atoms with Crippen LogP contribution in [-0.4, -0.2) is 50.9 Å². The van der Waals surface area contributed by atoms with Crippen LogP contribution >= 0.6 is 0 Å². The number of carbonyl (C=O) groups excluding carboxylic acids is 1. The number of amides is 1. The van der Waals surface area contributed by atoms with Gasteiger partial charge in [0.05, 0.1) is 24.1 Å². The van der Waals surface area contributed by atoms with Crippen molar-refractivity contribution in [2.75, 3.05) is 32.6 Å². The van der Waals surface area contributed by atoms with Crippen molar-refractivity contribution in [1.29, 1.82) is 0 Å². The summed E-state index contributed by atoms with van der Waals surface area (Å²) in [6.45, 7) is 0.328. The molecule has 0 radical (unpaired) electrons. The Morgan fingerprint density at radius 3 is 2.69 bits per heavy atom. The van der Waals surface area contributed by atoms with E-state index >= 15 is 0 Å². The van der Waals surface area contributed by atoms with Crippen molar-refractivity contribution in [2.45, 2.75) is 4.90 Å². The van der Waals surface area contributed by atoms with Crippen LogP contribution in [0.15, 0.2) is 65.8 Å². The molecule has 9 nitrogen and oxygen atoms in total. The molecule has 0 fully saturated rings. The standard InChI is InChI=1S/C22H21N3O6S/c1-25(10-11-29-2)32(27,28)21-12-16-19(13-20(21)30-15-6-5-9-23-14-15)31-18-8-4-3-7-17(18)24-22(16)26/h3-9,12-14H,10-11H2,1-2H3,(H,24,26). The molecule has 0 saturated carbocycles. The van der Waals surface area contributed by atoms with Gasteiger partial charge in [-0.25, -0.2) is 8.42 Å². The summed E-state index contributed by atoms with van der Waals surface area (Å²) < 4.78 is 44.6. The van der Waals surface area contributed by atoms with Crippen LogP contribution < -0.4 is 14.8 Å². The lowest BCUT2D eigenvalue weighted by Gasteiger charge is -2.20. The summed E-state index contributed by atoms with van der Waals surface area (Å²) in [5, 5.41) is 2.75. The van der Waals surface area contributed by atoms with Gasteiger partial charge in [0, 0.05) is 33.0 Å². The second kappa shape index (κ2) is 8.95. The number of methoxy groups -OCH3 is 1. The molecule has 0 spiro atoms. The predicted molar refractivity (Wildman–Crippen MR) is 117 cm³/mol. The number of hydrogen-bond acceptors (Lipinski definition) is 7. The topological polar surface area (TPSA) is 107 Å². The summed E-state index contributed by atoms with van der Waals surface area (Å²) in [5.74, 6) is 0.452. The Labute approximate surface area is 185 Å². The lowest BCUT2D eigenvalue weighted by atomic mass is 10.1. The van der Waals surface area contributed by atoms with Crippen molar-refractivity contribution in [3.63, 3.8) is 0 Å². The van der Waals surface area contributed by atoms with Crippen molar-refractivity contribution in [2.24, 2.45) is 0 Å². The Morgan fingerprint density at radius 1 is 1.12 bits per heavy atom. The summed E-state index contributed by atoms with van der Waals surface area (Å²) in [6.07, 6.45) is 3.03. The highest BCUT2D eigenvalue weighted by atomic mass is 32.2. The molecule has 1 aliphatic heterocycles. The Morgan fingerprint density at radius 2 is 1.94 bits per heavy atom. The summed E-state index contributed by atoms with van der Waals surface area (Å²) >= 11 is 0. The zero-order valence-corrected chi connectivity index (χ0v) is 18.3. The predicted octanol–water partition coefficient (Wildman–Crippen LogP) is 3.50. The number of sulfonamides is 1. The maximum Gasteiger partial charge on any atom is 0.259 e. The molecule has 1 aromatic heterocycles. The van der Waals surface area contributed by atoms with E-state index in [2.05, 4.69) is 10.3 Å². The van der Waals surface area contributed by atoms with Gasteiger partial charge >= 0.3 is 0 Å². The maximum absolute atomic E-state index is 13.3. The van der Waals surface area contributed by atoms with Crippen LogP contribution in [0.25, 0.3) is 0 Å². The quantitative estimate of drug-likeness (QED) is 0.581. The normalized spacial score (nSPS) is 12.9. The Bertz CT molecular complexity index is 1250. The van der Waals surface area contributed by atoms with Crippen LogP contribution in [-0.2, 0) is 14.8 Å². The summed E-state index contributed by atoms with van der Waals surface area (Å²) in [6, 6.07) is 12.9. The SMILES string of the molecule is COCCN(C)S(=O)(=O)c1cc2c(cc1Oc1cccnc1)Oc1ccccc1NC2=O. The van der Waals surface area contributed by atoms with Crippen molar-refractivity contribution < 1.29 is 27.4 Å². The number of nitrogens with one attached hydrogen (secondary N) is 1. The molecular formula is C22H21N3O6S. The zero-order valence-electron chi connectivity index (χ0n) is 17.4. The third-order valence-electron chi connectivity index (χ3n) is 4.81. The molecule has 2 aromatic carbocycles. The molecule has 0 unspecified atom stereocenters. The van der Waals surface area contributed by atoms with Crippen LogP contribution in [0.1, 0.15) is 10.4 Å². The van der Waals surface area contributed by atoms with Gasteiger partial charge in [0.25, 0.3) is 5.91 Å². The first-order valence-corrected chi connectivity index (χ1v) is 11.1. The monoisotopic (exact) mass is 455 g/mol. The summed E-state index contributed by atoms with van der Waals surface area (Å²) in [5.41, 5.74) is 0.545. The minimum Gasteiger partial charge on any atom is -0.454 e. The number of anilines is 1. The molecule has 0 saturated heterocycles. The molecule has 10 heteroatoms. The zero-order chi connectivity index (χ0) is 22.7. The van der Waals surface area contributed by atoms with Crippen LogP contribution in [0.2, 0.25) is 0 Å². The molecule has 3 aromatic rings. The van der Waals surface area contributed by atoms with Crippen molar-refractivity contribution in [1.82, 2.24) is 9.29 Å². The number of ether oxygens (including phenoxy) is 3. The molecule has 32 heavy (non-hydrogen) atoms. The lowest BCUT2D eigenvalue weighted by Crippen LogP contribution is -2.30. The molecular weight excluding hydrogens is 434 g/mol. The molecule has 0 bridgehead atoms. The van der Waals surface area contributed by atoms with Gasteiger partial charge in [-0.15, -0.1) is 0 Å². The van der Waals surface area contributed by atoms with Crippen LogP contribution in [0.3, 0.4) is 0 Å². The van der Waals surface area contributed by atoms with E-state index in [1.165, 1.54) is 32.5 Å². The minimum absolute atomic E-state index is 0.00759. The number of nitrogens with zero attached hydrogens (tertiary/aromatic N) is 2. The highest BCUT2D eigenvalue weighted by molar-refractivity contribution is 7.89. The third kappa shape index (κ3) is 4.28. The fourth-order valence-corrected chi connectivity index (χ4v) is 4.37. The average Bonchev–Trinajstić information content (AvgIpc) is 2.92. The number of benzene rings is 2. The smallest absolute Gasteiger partial charge is 0.259 e. The fourth-order valence-electron chi connectivity index (χ4n) is 3.09. The van der Waals surface area contributed by atoms with E-state index < -0.39 is 15.9 Å². The first kappa shape index (κ1) is 21.8. The number of fused-ring (bicyclic) bond motifs is 2. The van der Waals surface area contributed by atoms with Gasteiger partial charge in [-0.2, -0.15) is 4.31 Å². The highest BCUT2D eigenvalue weighted by Crippen LogP contribution is 2.41. The molecule has 0 atom stereocenters. The summed E-state index contributed by atoms with van der Waals surface area (Å²) in [7, 11) is -1.11. The van der Waals surface area contributed by atoms with Gasteiger partial charge < -0.3 is 19.5 Å². The number of carbonyl (C=O) groups is 1. The molecule has 4 rings (SSSR count). The first-order valence-electron chi connectivity index (χ1n) is 9.69. The Hall–Kier alpha value is -3.47. The van der Waals surface area contributed by atoms with E-state index in [9.17, 15) is 13.2 Å². The van der Waals surface area contributed by atoms with E-state index in [0.29, 0.717) is 17.2 Å². The molecule has 1 amide bonds. The minimum atomic E-state index is -4.03. The van der Waals surface area contributed by atoms with Gasteiger partial charge in [-0.3, -0.25) is 9.78 Å². The van der Waals surface area contributed by atoms with E-state index in [4.69, 9.17) is 14.2 Å². The van der Waals surface area contributed by atoms with Crippen LogP contribution in [0.5, 0.6) is 23.0 Å². The molecule has 166 valence electrons. The van der Waals surface area contributed by atoms with Crippen molar-refractivity contribution in [3.8, 4) is 23.0 Å². The number of likely N-dealkylation sites (N-methyl/N-ethyl adjacent to an activating group) is 1. The Balaban J connectivity index is 1.85. The third-order valence-corrected chi connectivity index (χ3v) is 6.68. The van der Waals surface area contributed by atoms with Crippen molar-refractivity contribution >= 4 is 21.6 Å². The molecule has 1 N–H and O–H groups in total. The van der Waals surface area contributed by atoms with Crippen LogP contribution in [0, 0.1) is 0 Å². The van der Waals surface area contributed by atoms with Gasteiger partial charge in [-0.1, -0.05) is 12.1 Å². The molecule has 1 aliphatic rings. The van der Waals surface area contributed by atoms with Crippen molar-refractivity contribution in [3.05, 3.63) is 66.5 Å². The van der Waals surface area contributed by atoms with Gasteiger partial charge in [0.1, 0.15) is 16.4 Å². The number of hydrogen-bond donors (Lipinski definition) is 1. The fraction of sp³-hybridized carbons (Fsp3) is 0.182. The van der Waals surface area contributed by atoms with E-state index in [-0.39, 0.29) is 35.1 Å². The number of pyridine rings is 1. The van der Waals surface area contributed by atoms with E-state index in [0.717, 1.165) is 4.31 Å². The van der Waals surface area contributed by atoms with Gasteiger partial charge in [-0.05, 0) is 30.3 Å². The number of rotatable bonds is 7. The second-order valence-electron chi connectivity index (χ2n) is 6.96. The Kier molecular flexibility index (Phi) is 6.08.